The quantitative estimate of drug-likeness (QED) is 0.571. The molecule has 1 saturated heterocycles. The lowest BCUT2D eigenvalue weighted by Crippen LogP contribution is -2.31. The minimum atomic E-state index is -0.609. The number of hydrogen-bond donors (Lipinski definition) is 0. The average molecular weight is 256 g/mol. The van der Waals surface area contributed by atoms with Crippen LogP contribution in [0, 0.1) is 0 Å². The zero-order valence-corrected chi connectivity index (χ0v) is 11.8. The van der Waals surface area contributed by atoms with Crippen LogP contribution in [0.3, 0.4) is 0 Å². The van der Waals surface area contributed by atoms with E-state index in [2.05, 4.69) is 19.1 Å². The van der Waals surface area contributed by atoms with Crippen LogP contribution < -0.4 is 0 Å². The van der Waals surface area contributed by atoms with Crippen molar-refractivity contribution < 1.29 is 19.0 Å². The fourth-order valence-corrected chi connectivity index (χ4v) is 1.78. The minimum absolute atomic E-state index is 0.0414. The molecule has 0 bridgehead atoms. The molecule has 0 aromatic carbocycles. The van der Waals surface area contributed by atoms with Crippen LogP contribution in [0.4, 0.5) is 4.79 Å². The highest BCUT2D eigenvalue weighted by Gasteiger charge is 2.32. The Morgan fingerprint density at radius 2 is 2.11 bits per heavy atom. The molecule has 0 saturated carbocycles. The van der Waals surface area contributed by atoms with E-state index in [0.717, 1.165) is 19.3 Å². The molecule has 104 valence electrons. The first kappa shape index (κ1) is 15.0. The van der Waals surface area contributed by atoms with Crippen LogP contribution in [0.1, 0.15) is 47.0 Å². The number of rotatable bonds is 4. The lowest BCUT2D eigenvalue weighted by Gasteiger charge is -2.22. The first-order valence-electron chi connectivity index (χ1n) is 6.58. The molecule has 2 unspecified atom stereocenters. The Morgan fingerprint density at radius 1 is 1.39 bits per heavy atom. The van der Waals surface area contributed by atoms with Gasteiger partial charge in [-0.15, -0.1) is 0 Å². The summed E-state index contributed by atoms with van der Waals surface area (Å²) in [5.74, 6) is 0. The van der Waals surface area contributed by atoms with Crippen LogP contribution in [-0.4, -0.2) is 30.6 Å². The van der Waals surface area contributed by atoms with Gasteiger partial charge in [-0.1, -0.05) is 19.1 Å². The zero-order chi connectivity index (χ0) is 13.6. The van der Waals surface area contributed by atoms with Crippen LogP contribution in [0.2, 0.25) is 0 Å². The SMILES string of the molecule is CC/C=C/CC1OCCC1OC(=O)OC(C)(C)C. The smallest absolute Gasteiger partial charge is 0.429 e. The van der Waals surface area contributed by atoms with Crippen LogP contribution in [-0.2, 0) is 14.2 Å². The monoisotopic (exact) mass is 256 g/mol. The van der Waals surface area contributed by atoms with Gasteiger partial charge in [0, 0.05) is 6.42 Å². The summed E-state index contributed by atoms with van der Waals surface area (Å²) in [4.78, 5) is 11.6. The molecule has 1 heterocycles. The van der Waals surface area contributed by atoms with Crippen molar-refractivity contribution in [1.82, 2.24) is 0 Å². The van der Waals surface area contributed by atoms with Gasteiger partial charge in [-0.3, -0.25) is 0 Å². The summed E-state index contributed by atoms with van der Waals surface area (Å²) in [6.07, 6.45) is 5.84. The molecule has 0 spiro atoms. The summed E-state index contributed by atoms with van der Waals surface area (Å²) < 4.78 is 16.0. The molecular weight excluding hydrogens is 232 g/mol. The van der Waals surface area contributed by atoms with E-state index in [9.17, 15) is 4.79 Å². The Kier molecular flexibility index (Phi) is 5.66. The predicted molar refractivity (Wildman–Crippen MR) is 69.5 cm³/mol. The van der Waals surface area contributed by atoms with Crippen LogP contribution in [0.5, 0.6) is 0 Å². The third kappa shape index (κ3) is 5.54. The van der Waals surface area contributed by atoms with Crippen molar-refractivity contribution in [2.45, 2.75) is 64.8 Å². The van der Waals surface area contributed by atoms with Crippen molar-refractivity contribution >= 4 is 6.16 Å². The van der Waals surface area contributed by atoms with Crippen LogP contribution >= 0.6 is 0 Å². The van der Waals surface area contributed by atoms with E-state index in [-0.39, 0.29) is 12.2 Å². The fraction of sp³-hybridized carbons (Fsp3) is 0.786. The van der Waals surface area contributed by atoms with E-state index in [1.165, 1.54) is 0 Å². The largest absolute Gasteiger partial charge is 0.509 e. The highest BCUT2D eigenvalue weighted by molar-refractivity contribution is 5.60. The number of hydrogen-bond acceptors (Lipinski definition) is 4. The Labute approximate surface area is 109 Å². The molecule has 0 aliphatic carbocycles. The molecule has 4 nitrogen and oxygen atoms in total. The van der Waals surface area contributed by atoms with Gasteiger partial charge in [-0.25, -0.2) is 4.79 Å². The van der Waals surface area contributed by atoms with Crippen molar-refractivity contribution in [1.29, 1.82) is 0 Å². The summed E-state index contributed by atoms with van der Waals surface area (Å²) in [5.41, 5.74) is -0.520. The average Bonchev–Trinajstić information content (AvgIpc) is 2.63. The summed E-state index contributed by atoms with van der Waals surface area (Å²) in [6, 6.07) is 0. The maximum atomic E-state index is 11.6. The molecule has 1 rings (SSSR count). The topological polar surface area (TPSA) is 44.8 Å². The summed E-state index contributed by atoms with van der Waals surface area (Å²) in [6.45, 7) is 8.18. The van der Waals surface area contributed by atoms with E-state index in [1.54, 1.807) is 0 Å². The van der Waals surface area contributed by atoms with Crippen molar-refractivity contribution in [3.05, 3.63) is 12.2 Å². The van der Waals surface area contributed by atoms with E-state index in [4.69, 9.17) is 14.2 Å². The maximum Gasteiger partial charge on any atom is 0.509 e. The number of carbonyl (C=O) groups excluding carboxylic acids is 1. The van der Waals surface area contributed by atoms with Gasteiger partial charge in [0.15, 0.2) is 0 Å². The van der Waals surface area contributed by atoms with E-state index < -0.39 is 11.8 Å². The van der Waals surface area contributed by atoms with E-state index in [1.807, 2.05) is 20.8 Å². The Morgan fingerprint density at radius 3 is 2.72 bits per heavy atom. The molecular formula is C14H24O4. The van der Waals surface area contributed by atoms with Crippen molar-refractivity contribution in [3.8, 4) is 0 Å². The normalized spacial score (nSPS) is 24.4. The molecule has 0 aromatic rings. The molecule has 0 N–H and O–H groups in total. The molecule has 0 amide bonds. The molecule has 0 aromatic heterocycles. The lowest BCUT2D eigenvalue weighted by atomic mass is 10.1. The van der Waals surface area contributed by atoms with Crippen molar-refractivity contribution in [2.75, 3.05) is 6.61 Å². The Bertz CT molecular complexity index is 291. The lowest BCUT2D eigenvalue weighted by molar-refractivity contribution is -0.0434. The third-order valence-corrected chi connectivity index (χ3v) is 2.56. The van der Waals surface area contributed by atoms with Crippen molar-refractivity contribution in [2.24, 2.45) is 0 Å². The van der Waals surface area contributed by atoms with E-state index >= 15 is 0 Å². The van der Waals surface area contributed by atoms with Crippen LogP contribution in [0.25, 0.3) is 0 Å². The first-order valence-corrected chi connectivity index (χ1v) is 6.58. The van der Waals surface area contributed by atoms with Gasteiger partial charge in [-0.2, -0.15) is 0 Å². The van der Waals surface area contributed by atoms with Gasteiger partial charge in [-0.05, 0) is 33.6 Å². The molecule has 0 radical (unpaired) electrons. The third-order valence-electron chi connectivity index (χ3n) is 2.56. The van der Waals surface area contributed by atoms with Gasteiger partial charge >= 0.3 is 6.16 Å². The van der Waals surface area contributed by atoms with Crippen LogP contribution in [0.15, 0.2) is 12.2 Å². The first-order chi connectivity index (χ1) is 8.42. The second-order valence-electron chi connectivity index (χ2n) is 5.43. The van der Waals surface area contributed by atoms with E-state index in [0.29, 0.717) is 6.61 Å². The van der Waals surface area contributed by atoms with Gasteiger partial charge in [0.2, 0.25) is 0 Å². The second kappa shape index (κ2) is 6.78. The maximum absolute atomic E-state index is 11.6. The molecule has 1 aliphatic heterocycles. The van der Waals surface area contributed by atoms with Gasteiger partial charge in [0.05, 0.1) is 12.7 Å². The highest BCUT2D eigenvalue weighted by atomic mass is 16.7. The second-order valence-corrected chi connectivity index (χ2v) is 5.43. The summed E-state index contributed by atoms with van der Waals surface area (Å²) in [7, 11) is 0. The Balaban J connectivity index is 2.40. The van der Waals surface area contributed by atoms with Gasteiger partial charge in [0.1, 0.15) is 11.7 Å². The summed E-state index contributed by atoms with van der Waals surface area (Å²) >= 11 is 0. The minimum Gasteiger partial charge on any atom is -0.429 e. The Hall–Kier alpha value is -1.03. The number of allylic oxidation sites excluding steroid dienone is 1. The van der Waals surface area contributed by atoms with Gasteiger partial charge in [0.25, 0.3) is 0 Å². The molecule has 2 atom stereocenters. The highest BCUT2D eigenvalue weighted by Crippen LogP contribution is 2.22. The molecule has 4 heteroatoms. The van der Waals surface area contributed by atoms with Gasteiger partial charge < -0.3 is 14.2 Å². The molecule has 1 aliphatic rings. The van der Waals surface area contributed by atoms with Crippen molar-refractivity contribution in [3.63, 3.8) is 0 Å². The molecule has 1 fully saturated rings. The zero-order valence-electron chi connectivity index (χ0n) is 11.8. The predicted octanol–water partition coefficient (Wildman–Crippen LogP) is 3.45. The number of ether oxygens (including phenoxy) is 3. The fourth-order valence-electron chi connectivity index (χ4n) is 1.78. The molecule has 18 heavy (non-hydrogen) atoms. The summed E-state index contributed by atoms with van der Waals surface area (Å²) in [5, 5.41) is 0. The number of carbonyl (C=O) groups is 1. The standard InChI is InChI=1S/C14H24O4/c1-5-6-7-8-11-12(9-10-16-11)17-13(15)18-14(2,3)4/h6-7,11-12H,5,8-10H2,1-4H3/b7-6+.